The molecular weight excluding hydrogens is 409 g/mol. The van der Waals surface area contributed by atoms with Crippen molar-refractivity contribution in [3.05, 3.63) is 23.6 Å². The molecule has 176 valence electrons. The average molecular weight is 446 g/mol. The lowest BCUT2D eigenvalue weighted by atomic mass is 9.90. The summed E-state index contributed by atoms with van der Waals surface area (Å²) in [6.45, 7) is 14.0. The third-order valence-corrected chi connectivity index (χ3v) is 8.29. The Morgan fingerprint density at radius 2 is 2.03 bits per heavy atom. The molecule has 0 radical (unpaired) electrons. The van der Waals surface area contributed by atoms with Crippen molar-refractivity contribution in [3.63, 3.8) is 0 Å². The summed E-state index contributed by atoms with van der Waals surface area (Å²) in [4.78, 5) is 24.8. The average Bonchev–Trinajstić information content (AvgIpc) is 3.38. The molecule has 0 aromatic carbocycles. The van der Waals surface area contributed by atoms with Crippen molar-refractivity contribution in [1.82, 2.24) is 30.5 Å². The van der Waals surface area contributed by atoms with Crippen LogP contribution in [0.5, 0.6) is 0 Å². The molecule has 4 fully saturated rings. The summed E-state index contributed by atoms with van der Waals surface area (Å²) in [5.41, 5.74) is 7.10. The molecule has 3 unspecified atom stereocenters. The highest BCUT2D eigenvalue weighted by molar-refractivity contribution is 5.77. The van der Waals surface area contributed by atoms with Crippen molar-refractivity contribution in [2.24, 2.45) is 5.92 Å². The van der Waals surface area contributed by atoms with Gasteiger partial charge in [-0.05, 0) is 66.1 Å². The van der Waals surface area contributed by atoms with Crippen molar-refractivity contribution >= 4 is 11.8 Å². The van der Waals surface area contributed by atoms with Crippen molar-refractivity contribution in [2.75, 3.05) is 31.5 Å². The van der Waals surface area contributed by atoms with Crippen LogP contribution in [0.15, 0.2) is 12.1 Å². The molecule has 9 heteroatoms. The lowest BCUT2D eigenvalue weighted by Crippen LogP contribution is -2.66. The van der Waals surface area contributed by atoms with Crippen molar-refractivity contribution in [3.8, 4) is 0 Å². The molecule has 4 saturated heterocycles. The molecule has 0 spiro atoms. The first-order valence-electron chi connectivity index (χ1n) is 11.8. The van der Waals surface area contributed by atoms with Crippen LogP contribution in [-0.4, -0.2) is 81.2 Å². The molecule has 5 rings (SSSR count). The normalized spacial score (nSPS) is 36.3. The highest BCUT2D eigenvalue weighted by Crippen LogP contribution is 2.40. The van der Waals surface area contributed by atoms with E-state index in [2.05, 4.69) is 58.6 Å². The van der Waals surface area contributed by atoms with Gasteiger partial charge < -0.3 is 15.1 Å². The molecule has 5 heterocycles. The van der Waals surface area contributed by atoms with Gasteiger partial charge in [-0.25, -0.2) is 19.6 Å². The number of rotatable bonds is 2. The van der Waals surface area contributed by atoms with Gasteiger partial charge in [-0.3, -0.25) is 10.3 Å². The fraction of sp³-hybridized carbons (Fsp3) is 0.739. The van der Waals surface area contributed by atoms with Crippen LogP contribution in [0.1, 0.15) is 46.2 Å². The molecule has 8 nitrogen and oxygen atoms in total. The summed E-state index contributed by atoms with van der Waals surface area (Å²) >= 11 is 0. The summed E-state index contributed by atoms with van der Waals surface area (Å²) in [7, 11) is 0. The predicted molar refractivity (Wildman–Crippen MR) is 121 cm³/mol. The third kappa shape index (κ3) is 3.36. The van der Waals surface area contributed by atoms with E-state index in [1.54, 1.807) is 6.07 Å². The van der Waals surface area contributed by atoms with Crippen LogP contribution in [-0.2, 0) is 0 Å². The number of anilines is 1. The standard InChI is InChI=1S/C23H36FN7O/c1-14-7-8-17(24)20(25-14)26-19-16-12-31(22(3,4)18(16)27-28-19)21(32)30-13-23(5)9-6-10-29(23)11-15(30)2/h7-8,15-16,18-19,27-28H,6,9-13H2,1-5H3,(H,25,26)/t15-,16?,18?,19?,23-/m0/s1. The second-order valence-electron chi connectivity index (χ2n) is 10.9. The molecule has 0 saturated carbocycles. The number of nitrogens with zero attached hydrogens (tertiary/aromatic N) is 4. The Morgan fingerprint density at radius 1 is 1.25 bits per heavy atom. The first-order chi connectivity index (χ1) is 15.1. The molecule has 0 aliphatic carbocycles. The highest BCUT2D eigenvalue weighted by atomic mass is 19.1. The Balaban J connectivity index is 1.34. The molecule has 1 aromatic heterocycles. The fourth-order valence-electron chi connectivity index (χ4n) is 6.29. The van der Waals surface area contributed by atoms with Crippen LogP contribution in [0, 0.1) is 18.7 Å². The predicted octanol–water partition coefficient (Wildman–Crippen LogP) is 2.13. The van der Waals surface area contributed by atoms with Crippen molar-refractivity contribution < 1.29 is 9.18 Å². The minimum Gasteiger partial charge on any atom is -0.351 e. The second-order valence-corrected chi connectivity index (χ2v) is 10.9. The number of urea groups is 1. The molecular formula is C23H36FN7O. The Bertz CT molecular complexity index is 910. The van der Waals surface area contributed by atoms with E-state index in [9.17, 15) is 9.18 Å². The molecule has 3 N–H and O–H groups in total. The van der Waals surface area contributed by atoms with E-state index in [4.69, 9.17) is 0 Å². The number of carbonyl (C=O) groups is 1. The van der Waals surface area contributed by atoms with Gasteiger partial charge in [-0.1, -0.05) is 0 Å². The maximum absolute atomic E-state index is 14.3. The van der Waals surface area contributed by atoms with Crippen LogP contribution in [0.25, 0.3) is 0 Å². The van der Waals surface area contributed by atoms with Crippen molar-refractivity contribution in [1.29, 1.82) is 0 Å². The number of aromatic nitrogens is 1. The highest BCUT2D eigenvalue weighted by Gasteiger charge is 2.57. The third-order valence-electron chi connectivity index (χ3n) is 8.29. The molecule has 4 aliphatic rings. The Kier molecular flexibility index (Phi) is 5.14. The summed E-state index contributed by atoms with van der Waals surface area (Å²) < 4.78 is 14.3. The Hall–Kier alpha value is -1.97. The Morgan fingerprint density at radius 3 is 2.81 bits per heavy atom. The van der Waals surface area contributed by atoms with Gasteiger partial charge >= 0.3 is 6.03 Å². The lowest BCUT2D eigenvalue weighted by Gasteiger charge is -2.50. The molecule has 1 aromatic rings. The number of nitrogens with one attached hydrogen (secondary N) is 3. The van der Waals surface area contributed by atoms with Crippen LogP contribution in [0.2, 0.25) is 0 Å². The SMILES string of the molecule is Cc1ccc(F)c(NC2NNC3C2CN(C(=O)N2C[C@]4(C)CCCN4C[C@@H]2C)C3(C)C)n1. The molecule has 32 heavy (non-hydrogen) atoms. The van der Waals surface area contributed by atoms with Gasteiger partial charge in [0, 0.05) is 42.8 Å². The number of hydrazine groups is 1. The van der Waals surface area contributed by atoms with Gasteiger partial charge in [0.05, 0.1) is 17.7 Å². The van der Waals surface area contributed by atoms with Gasteiger partial charge in [0.1, 0.15) is 0 Å². The van der Waals surface area contributed by atoms with Gasteiger partial charge in [0.25, 0.3) is 0 Å². The number of carbonyl (C=O) groups excluding carboxylic acids is 1. The van der Waals surface area contributed by atoms with Crippen LogP contribution in [0.3, 0.4) is 0 Å². The van der Waals surface area contributed by atoms with Gasteiger partial charge in [0.15, 0.2) is 11.6 Å². The van der Waals surface area contributed by atoms with Crippen LogP contribution >= 0.6 is 0 Å². The first-order valence-corrected chi connectivity index (χ1v) is 11.8. The van der Waals surface area contributed by atoms with E-state index in [1.165, 1.54) is 12.5 Å². The number of hydrogen-bond acceptors (Lipinski definition) is 6. The summed E-state index contributed by atoms with van der Waals surface area (Å²) in [5.74, 6) is -0.0386. The molecule has 2 amide bonds. The first kappa shape index (κ1) is 21.9. The van der Waals surface area contributed by atoms with Crippen LogP contribution < -0.4 is 16.2 Å². The van der Waals surface area contributed by atoms with E-state index in [-0.39, 0.29) is 52.9 Å². The molecule has 0 bridgehead atoms. The minimum absolute atomic E-state index is 0.0514. The van der Waals surface area contributed by atoms with Gasteiger partial charge in [-0.2, -0.15) is 0 Å². The van der Waals surface area contributed by atoms with Crippen molar-refractivity contribution in [2.45, 2.75) is 76.8 Å². The topological polar surface area (TPSA) is 75.8 Å². The number of likely N-dealkylation sites (tertiary alicyclic amines) is 1. The zero-order valence-corrected chi connectivity index (χ0v) is 19.8. The molecule has 4 aliphatic heterocycles. The van der Waals surface area contributed by atoms with E-state index < -0.39 is 0 Å². The van der Waals surface area contributed by atoms with E-state index in [1.807, 2.05) is 11.8 Å². The number of fused-ring (bicyclic) bond motifs is 2. The number of aryl methyl sites for hydroxylation is 1. The number of piperazine rings is 1. The fourth-order valence-corrected chi connectivity index (χ4v) is 6.29. The van der Waals surface area contributed by atoms with E-state index >= 15 is 0 Å². The smallest absolute Gasteiger partial charge is 0.320 e. The number of hydrogen-bond donors (Lipinski definition) is 3. The zero-order valence-electron chi connectivity index (χ0n) is 19.8. The Labute approximate surface area is 189 Å². The van der Waals surface area contributed by atoms with Crippen LogP contribution in [0.4, 0.5) is 15.0 Å². The summed E-state index contributed by atoms with van der Waals surface area (Å²) in [6.07, 6.45) is 2.13. The summed E-state index contributed by atoms with van der Waals surface area (Å²) in [6, 6.07) is 3.45. The summed E-state index contributed by atoms with van der Waals surface area (Å²) in [5, 5.41) is 3.23. The molecule has 5 atom stereocenters. The van der Waals surface area contributed by atoms with Gasteiger partial charge in [-0.15, -0.1) is 0 Å². The quantitative estimate of drug-likeness (QED) is 0.648. The van der Waals surface area contributed by atoms with E-state index in [0.717, 1.165) is 31.7 Å². The maximum Gasteiger partial charge on any atom is 0.320 e. The zero-order chi connectivity index (χ0) is 22.8. The number of pyridine rings is 1. The van der Waals surface area contributed by atoms with Gasteiger partial charge in [0.2, 0.25) is 0 Å². The monoisotopic (exact) mass is 445 g/mol. The number of amides is 2. The minimum atomic E-state index is -0.378. The van der Waals surface area contributed by atoms with E-state index in [0.29, 0.717) is 6.54 Å². The lowest BCUT2D eigenvalue weighted by molar-refractivity contribution is 0.00953. The largest absolute Gasteiger partial charge is 0.351 e. The second kappa shape index (κ2) is 7.53. The number of halogens is 1. The maximum atomic E-state index is 14.3.